The lowest BCUT2D eigenvalue weighted by Gasteiger charge is -2.12. The van der Waals surface area contributed by atoms with Gasteiger partial charge in [0.2, 0.25) is 0 Å². The summed E-state index contributed by atoms with van der Waals surface area (Å²) in [6.07, 6.45) is 8.95. The van der Waals surface area contributed by atoms with Crippen molar-refractivity contribution in [3.8, 4) is 11.5 Å². The van der Waals surface area contributed by atoms with Crippen molar-refractivity contribution in [3.63, 3.8) is 0 Å². The number of halogens is 2. The molecule has 0 aliphatic carbocycles. The van der Waals surface area contributed by atoms with Crippen LogP contribution in [0.1, 0.15) is 65.2 Å². The molecule has 150 valence electrons. The van der Waals surface area contributed by atoms with Crippen LogP contribution in [0.3, 0.4) is 0 Å². The minimum Gasteiger partial charge on any atom is -0.494 e. The van der Waals surface area contributed by atoms with Crippen molar-refractivity contribution in [1.29, 1.82) is 0 Å². The molecule has 2 aromatic carbocycles. The molecule has 0 amide bonds. The van der Waals surface area contributed by atoms with E-state index in [0.29, 0.717) is 11.6 Å². The fraction of sp³-hybridized carbons (Fsp3) is 0.565. The molecule has 0 saturated carbocycles. The summed E-state index contributed by atoms with van der Waals surface area (Å²) in [5, 5.41) is 3.02. The molecule has 27 heavy (non-hydrogen) atoms. The molecule has 2 nitrogen and oxygen atoms in total. The van der Waals surface area contributed by atoms with Crippen molar-refractivity contribution < 1.29 is 9.47 Å². The molecule has 0 N–H and O–H groups in total. The van der Waals surface area contributed by atoms with Gasteiger partial charge in [-0.1, -0.05) is 50.8 Å². The van der Waals surface area contributed by atoms with Crippen LogP contribution in [0.4, 0.5) is 0 Å². The third-order valence-electron chi connectivity index (χ3n) is 4.77. The topological polar surface area (TPSA) is 18.5 Å². The highest BCUT2D eigenvalue weighted by Crippen LogP contribution is 2.34. The van der Waals surface area contributed by atoms with Crippen molar-refractivity contribution >= 4 is 34.0 Å². The van der Waals surface area contributed by atoms with E-state index in [0.717, 1.165) is 61.0 Å². The molecular weight excluding hydrogens is 379 g/mol. The predicted octanol–water partition coefficient (Wildman–Crippen LogP) is 8.02. The molecule has 0 heterocycles. The lowest BCUT2D eigenvalue weighted by atomic mass is 10.1. The zero-order chi connectivity index (χ0) is 19.5. The molecule has 4 heteroatoms. The van der Waals surface area contributed by atoms with Crippen molar-refractivity contribution in [2.24, 2.45) is 0 Å². The zero-order valence-electron chi connectivity index (χ0n) is 16.6. The van der Waals surface area contributed by atoms with Gasteiger partial charge < -0.3 is 9.47 Å². The van der Waals surface area contributed by atoms with E-state index in [-0.39, 0.29) is 5.38 Å². The molecular formula is C23H32Cl2O2. The average molecular weight is 411 g/mol. The fourth-order valence-electron chi connectivity index (χ4n) is 3.02. The van der Waals surface area contributed by atoms with E-state index in [1.54, 1.807) is 0 Å². The molecule has 0 aromatic heterocycles. The van der Waals surface area contributed by atoms with Gasteiger partial charge in [0.25, 0.3) is 0 Å². The highest BCUT2D eigenvalue weighted by molar-refractivity contribution is 6.37. The molecule has 1 atom stereocenters. The first-order valence-electron chi connectivity index (χ1n) is 10.3. The standard InChI is InChI=1S/C23H32Cl2O2/c1-3-5-6-8-15-26-20-12-13-21-18(17-20)11-14-22(23(21)25)27-16-9-7-10-19(24)4-2/h11-14,17,19H,3-10,15-16H2,1-2H3. The number of alkyl halides is 1. The van der Waals surface area contributed by atoms with Crippen LogP contribution in [-0.4, -0.2) is 18.6 Å². The van der Waals surface area contributed by atoms with E-state index in [4.69, 9.17) is 32.7 Å². The van der Waals surface area contributed by atoms with Crippen LogP contribution >= 0.6 is 23.2 Å². The number of fused-ring (bicyclic) bond motifs is 1. The predicted molar refractivity (Wildman–Crippen MR) is 118 cm³/mol. The molecule has 0 spiro atoms. The maximum atomic E-state index is 6.55. The van der Waals surface area contributed by atoms with Gasteiger partial charge in [0.1, 0.15) is 11.5 Å². The lowest BCUT2D eigenvalue weighted by molar-refractivity contribution is 0.304. The Hall–Kier alpha value is -1.12. The second-order valence-corrected chi connectivity index (χ2v) is 8.01. The lowest BCUT2D eigenvalue weighted by Crippen LogP contribution is -2.01. The third kappa shape index (κ3) is 7.43. The molecule has 0 saturated heterocycles. The Labute approximate surface area is 174 Å². The van der Waals surface area contributed by atoms with Crippen LogP contribution in [-0.2, 0) is 0 Å². The van der Waals surface area contributed by atoms with Gasteiger partial charge >= 0.3 is 0 Å². The zero-order valence-corrected chi connectivity index (χ0v) is 18.1. The fourth-order valence-corrected chi connectivity index (χ4v) is 3.47. The molecule has 0 aliphatic rings. The van der Waals surface area contributed by atoms with E-state index < -0.39 is 0 Å². The Balaban J connectivity index is 1.87. The van der Waals surface area contributed by atoms with Gasteiger partial charge in [-0.3, -0.25) is 0 Å². The van der Waals surface area contributed by atoms with Crippen LogP contribution in [0.5, 0.6) is 11.5 Å². The van der Waals surface area contributed by atoms with Gasteiger partial charge in [0.05, 0.1) is 18.2 Å². The van der Waals surface area contributed by atoms with Gasteiger partial charge in [0, 0.05) is 10.8 Å². The Bertz CT molecular complexity index is 687. The quantitative estimate of drug-likeness (QED) is 0.245. The average Bonchev–Trinajstić information content (AvgIpc) is 2.69. The smallest absolute Gasteiger partial charge is 0.138 e. The number of hydrogen-bond donors (Lipinski definition) is 0. The van der Waals surface area contributed by atoms with E-state index in [1.807, 2.05) is 24.3 Å². The Morgan fingerprint density at radius 1 is 0.889 bits per heavy atom. The highest BCUT2D eigenvalue weighted by Gasteiger charge is 2.08. The van der Waals surface area contributed by atoms with Gasteiger partial charge in [0.15, 0.2) is 0 Å². The largest absolute Gasteiger partial charge is 0.494 e. The highest BCUT2D eigenvalue weighted by atomic mass is 35.5. The van der Waals surface area contributed by atoms with E-state index in [1.165, 1.54) is 19.3 Å². The van der Waals surface area contributed by atoms with Gasteiger partial charge in [-0.15, -0.1) is 11.6 Å². The second kappa shape index (κ2) is 12.4. The first-order valence-corrected chi connectivity index (χ1v) is 11.1. The summed E-state index contributed by atoms with van der Waals surface area (Å²) < 4.78 is 11.8. The monoisotopic (exact) mass is 410 g/mol. The number of benzene rings is 2. The van der Waals surface area contributed by atoms with Crippen LogP contribution in [0.15, 0.2) is 30.3 Å². The van der Waals surface area contributed by atoms with Crippen molar-refractivity contribution in [2.45, 2.75) is 70.6 Å². The maximum Gasteiger partial charge on any atom is 0.138 e. The molecule has 0 aliphatic heterocycles. The summed E-state index contributed by atoms with van der Waals surface area (Å²) in [7, 11) is 0. The summed E-state index contributed by atoms with van der Waals surface area (Å²) in [5.74, 6) is 1.64. The minimum atomic E-state index is 0.275. The third-order valence-corrected chi connectivity index (χ3v) is 5.69. The summed E-state index contributed by atoms with van der Waals surface area (Å²) in [4.78, 5) is 0. The Morgan fingerprint density at radius 3 is 2.44 bits per heavy atom. The number of ether oxygens (including phenoxy) is 2. The molecule has 2 aromatic rings. The second-order valence-electron chi connectivity index (χ2n) is 7.02. The van der Waals surface area contributed by atoms with Crippen LogP contribution < -0.4 is 9.47 Å². The maximum absolute atomic E-state index is 6.55. The molecule has 0 fully saturated rings. The SMILES string of the molecule is CCCCCCOc1ccc2c(Cl)c(OCCCCC(Cl)CC)ccc2c1. The number of rotatable bonds is 13. The van der Waals surface area contributed by atoms with Gasteiger partial charge in [-0.25, -0.2) is 0 Å². The Morgan fingerprint density at radius 2 is 1.67 bits per heavy atom. The van der Waals surface area contributed by atoms with E-state index >= 15 is 0 Å². The first-order chi connectivity index (χ1) is 13.2. The molecule has 1 unspecified atom stereocenters. The molecule has 2 rings (SSSR count). The van der Waals surface area contributed by atoms with Crippen molar-refractivity contribution in [3.05, 3.63) is 35.4 Å². The summed E-state index contributed by atoms with van der Waals surface area (Å²) in [6, 6.07) is 10.1. The van der Waals surface area contributed by atoms with Crippen LogP contribution in [0, 0.1) is 0 Å². The van der Waals surface area contributed by atoms with Crippen LogP contribution in [0.25, 0.3) is 10.8 Å². The van der Waals surface area contributed by atoms with Gasteiger partial charge in [-0.2, -0.15) is 0 Å². The van der Waals surface area contributed by atoms with Crippen molar-refractivity contribution in [1.82, 2.24) is 0 Å². The van der Waals surface area contributed by atoms with Crippen LogP contribution in [0.2, 0.25) is 5.02 Å². The minimum absolute atomic E-state index is 0.275. The van der Waals surface area contributed by atoms with E-state index in [9.17, 15) is 0 Å². The Kier molecular flexibility index (Phi) is 10.2. The van der Waals surface area contributed by atoms with Crippen molar-refractivity contribution in [2.75, 3.05) is 13.2 Å². The number of unbranched alkanes of at least 4 members (excludes halogenated alkanes) is 4. The summed E-state index contributed by atoms with van der Waals surface area (Å²) >= 11 is 12.7. The first kappa shape index (κ1) is 22.2. The van der Waals surface area contributed by atoms with Gasteiger partial charge in [-0.05, 0) is 61.8 Å². The van der Waals surface area contributed by atoms with E-state index in [2.05, 4.69) is 19.9 Å². The summed E-state index contributed by atoms with van der Waals surface area (Å²) in [6.45, 7) is 5.76. The molecule has 0 bridgehead atoms. The molecule has 0 radical (unpaired) electrons. The summed E-state index contributed by atoms with van der Waals surface area (Å²) in [5.41, 5.74) is 0. The normalized spacial score (nSPS) is 12.3. The number of hydrogen-bond acceptors (Lipinski definition) is 2.